The molecule has 1 atom stereocenters. The second-order valence-corrected chi connectivity index (χ2v) is 4.99. The first-order valence-electron chi connectivity index (χ1n) is 5.93. The fourth-order valence-electron chi connectivity index (χ4n) is 1.58. The Hall–Kier alpha value is -1.53. The molecule has 0 radical (unpaired) electrons. The fraction of sp³-hybridized carbons (Fsp3) is 0.385. The molecule has 1 aromatic carbocycles. The van der Waals surface area contributed by atoms with E-state index in [0.29, 0.717) is 11.4 Å². The Kier molecular flexibility index (Phi) is 5.85. The molecule has 1 aromatic rings. The predicted molar refractivity (Wildman–Crippen MR) is 78.5 cm³/mol. The van der Waals surface area contributed by atoms with Crippen LogP contribution in [0.15, 0.2) is 24.3 Å². The van der Waals surface area contributed by atoms with Crippen LogP contribution in [0, 0.1) is 5.82 Å². The number of nitrogens with one attached hydrogen (secondary N) is 1. The van der Waals surface area contributed by atoms with Crippen LogP contribution in [-0.4, -0.2) is 35.4 Å². The van der Waals surface area contributed by atoms with Gasteiger partial charge >= 0.3 is 0 Å². The second-order valence-electron chi connectivity index (χ2n) is 4.46. The van der Waals surface area contributed by atoms with Gasteiger partial charge in [0, 0.05) is 12.5 Å². The second kappa shape index (κ2) is 7.16. The summed E-state index contributed by atoms with van der Waals surface area (Å²) >= 11 is 4.83. The Morgan fingerprint density at radius 2 is 2.16 bits per heavy atom. The molecule has 0 aliphatic carbocycles. The molecule has 0 aromatic heterocycles. The summed E-state index contributed by atoms with van der Waals surface area (Å²) in [5.74, 6) is -0.725. The summed E-state index contributed by atoms with van der Waals surface area (Å²) in [5, 5.41) is 2.53. The van der Waals surface area contributed by atoms with Gasteiger partial charge in [0.25, 0.3) is 0 Å². The number of amides is 1. The lowest BCUT2D eigenvalue weighted by Gasteiger charge is -2.23. The number of hydrogen-bond acceptors (Lipinski definition) is 3. The van der Waals surface area contributed by atoms with E-state index < -0.39 is 5.82 Å². The number of halogens is 1. The van der Waals surface area contributed by atoms with Gasteiger partial charge in [-0.15, -0.1) is 0 Å². The van der Waals surface area contributed by atoms with E-state index >= 15 is 0 Å². The number of rotatable bonds is 6. The Bertz CT molecular complexity index is 467. The van der Waals surface area contributed by atoms with E-state index in [1.165, 1.54) is 12.1 Å². The minimum absolute atomic E-state index is 0.0591. The molecule has 0 heterocycles. The monoisotopic (exact) mass is 283 g/mol. The predicted octanol–water partition coefficient (Wildman–Crippen LogP) is 1.76. The van der Waals surface area contributed by atoms with Gasteiger partial charge in [0.2, 0.25) is 5.91 Å². The number of anilines is 1. The van der Waals surface area contributed by atoms with E-state index in [4.69, 9.17) is 18.0 Å². The van der Waals surface area contributed by atoms with E-state index in [0.717, 1.165) is 0 Å². The highest BCUT2D eigenvalue weighted by Gasteiger charge is 2.14. The Morgan fingerprint density at radius 1 is 1.53 bits per heavy atom. The van der Waals surface area contributed by atoms with Gasteiger partial charge < -0.3 is 11.1 Å². The van der Waals surface area contributed by atoms with Gasteiger partial charge in [0.05, 0.1) is 17.2 Å². The number of hydrogen-bond donors (Lipinski definition) is 2. The Morgan fingerprint density at radius 3 is 2.74 bits per heavy atom. The molecule has 1 rings (SSSR count). The van der Waals surface area contributed by atoms with E-state index in [-0.39, 0.29) is 24.2 Å². The molecular formula is C13H18FN3OS. The minimum atomic E-state index is -0.449. The van der Waals surface area contributed by atoms with Crippen molar-refractivity contribution < 1.29 is 9.18 Å². The smallest absolute Gasteiger partial charge is 0.238 e. The van der Waals surface area contributed by atoms with Gasteiger partial charge in [0.15, 0.2) is 0 Å². The zero-order valence-corrected chi connectivity index (χ0v) is 11.8. The van der Waals surface area contributed by atoms with E-state index in [2.05, 4.69) is 5.32 Å². The molecule has 0 fully saturated rings. The summed E-state index contributed by atoms with van der Waals surface area (Å²) in [6.07, 6.45) is 0.540. The summed E-state index contributed by atoms with van der Waals surface area (Å²) in [6, 6.07) is 6.11. The number of likely N-dealkylation sites (N-methyl/N-ethyl adjacent to an activating group) is 1. The zero-order valence-electron chi connectivity index (χ0n) is 11.0. The number of nitrogens with zero attached hydrogens (tertiary/aromatic N) is 1. The molecule has 4 nitrogen and oxygen atoms in total. The minimum Gasteiger partial charge on any atom is -0.393 e. The maximum Gasteiger partial charge on any atom is 0.238 e. The van der Waals surface area contributed by atoms with Crippen LogP contribution >= 0.6 is 12.2 Å². The number of carbonyl (C=O) groups is 1. The van der Waals surface area contributed by atoms with Crippen molar-refractivity contribution in [2.45, 2.75) is 19.4 Å². The lowest BCUT2D eigenvalue weighted by atomic mass is 10.2. The quantitative estimate of drug-likeness (QED) is 0.781. The van der Waals surface area contributed by atoms with Gasteiger partial charge in [-0.3, -0.25) is 9.69 Å². The largest absolute Gasteiger partial charge is 0.393 e. The van der Waals surface area contributed by atoms with Crippen molar-refractivity contribution in [2.75, 3.05) is 18.9 Å². The highest BCUT2D eigenvalue weighted by atomic mass is 32.1. The molecule has 0 aliphatic rings. The molecule has 6 heteroatoms. The first kappa shape index (κ1) is 15.5. The van der Waals surface area contributed by atoms with Crippen molar-refractivity contribution in [3.05, 3.63) is 30.1 Å². The number of benzene rings is 1. The van der Waals surface area contributed by atoms with Crippen molar-refractivity contribution in [1.29, 1.82) is 0 Å². The topological polar surface area (TPSA) is 58.4 Å². The van der Waals surface area contributed by atoms with Crippen LogP contribution < -0.4 is 11.1 Å². The van der Waals surface area contributed by atoms with Gasteiger partial charge in [-0.25, -0.2) is 4.39 Å². The summed E-state index contributed by atoms with van der Waals surface area (Å²) in [6.45, 7) is 2.08. The van der Waals surface area contributed by atoms with Crippen LogP contribution in [0.4, 0.5) is 10.1 Å². The van der Waals surface area contributed by atoms with Crippen LogP contribution in [0.1, 0.15) is 13.3 Å². The number of nitrogens with two attached hydrogens (primary N) is 1. The highest BCUT2D eigenvalue weighted by Crippen LogP contribution is 2.12. The average molecular weight is 283 g/mol. The van der Waals surface area contributed by atoms with Crippen molar-refractivity contribution in [1.82, 2.24) is 4.90 Å². The zero-order chi connectivity index (χ0) is 14.4. The Labute approximate surface area is 117 Å². The average Bonchev–Trinajstić information content (AvgIpc) is 2.31. The van der Waals surface area contributed by atoms with E-state index in [9.17, 15) is 9.18 Å². The van der Waals surface area contributed by atoms with Gasteiger partial charge in [0.1, 0.15) is 5.82 Å². The first-order valence-corrected chi connectivity index (χ1v) is 6.34. The number of para-hydroxylation sites is 1. The molecule has 1 unspecified atom stereocenters. The SMILES string of the molecule is CC(CC(N)=S)N(C)CC(=O)Nc1ccccc1F. The lowest BCUT2D eigenvalue weighted by molar-refractivity contribution is -0.117. The first-order chi connectivity index (χ1) is 8.90. The van der Waals surface area contributed by atoms with Crippen molar-refractivity contribution in [2.24, 2.45) is 5.73 Å². The highest BCUT2D eigenvalue weighted by molar-refractivity contribution is 7.80. The molecule has 3 N–H and O–H groups in total. The van der Waals surface area contributed by atoms with Crippen molar-refractivity contribution >= 4 is 28.8 Å². The van der Waals surface area contributed by atoms with Crippen LogP contribution in [0.2, 0.25) is 0 Å². The molecule has 0 aliphatic heterocycles. The standard InChI is InChI=1S/C13H18FN3OS/c1-9(7-12(15)19)17(2)8-13(18)16-11-6-4-3-5-10(11)14/h3-6,9H,7-8H2,1-2H3,(H2,15,19)(H,16,18). The van der Waals surface area contributed by atoms with Crippen molar-refractivity contribution in [3.8, 4) is 0 Å². The molecular weight excluding hydrogens is 265 g/mol. The van der Waals surface area contributed by atoms with Crippen LogP contribution in [0.25, 0.3) is 0 Å². The normalized spacial score (nSPS) is 12.2. The van der Waals surface area contributed by atoms with Gasteiger partial charge in [-0.05, 0) is 26.1 Å². The summed E-state index contributed by atoms with van der Waals surface area (Å²) in [7, 11) is 1.80. The third kappa shape index (κ3) is 5.32. The lowest BCUT2D eigenvalue weighted by Crippen LogP contribution is -2.38. The van der Waals surface area contributed by atoms with Crippen LogP contribution in [-0.2, 0) is 4.79 Å². The fourth-order valence-corrected chi connectivity index (χ4v) is 1.82. The maximum absolute atomic E-state index is 13.4. The Balaban J connectivity index is 2.51. The third-order valence-corrected chi connectivity index (χ3v) is 2.96. The molecule has 0 saturated carbocycles. The summed E-state index contributed by atoms with van der Waals surface area (Å²) < 4.78 is 13.4. The maximum atomic E-state index is 13.4. The van der Waals surface area contributed by atoms with E-state index in [1.54, 1.807) is 19.2 Å². The third-order valence-electron chi connectivity index (χ3n) is 2.79. The van der Waals surface area contributed by atoms with Gasteiger partial charge in [-0.1, -0.05) is 24.4 Å². The molecule has 19 heavy (non-hydrogen) atoms. The van der Waals surface area contributed by atoms with E-state index in [1.807, 2.05) is 11.8 Å². The molecule has 1 amide bonds. The number of thiocarbonyl (C=S) groups is 1. The van der Waals surface area contributed by atoms with Gasteiger partial charge in [-0.2, -0.15) is 0 Å². The summed E-state index contributed by atoms with van der Waals surface area (Å²) in [4.78, 5) is 14.0. The number of carbonyl (C=O) groups excluding carboxylic acids is 1. The molecule has 0 saturated heterocycles. The molecule has 104 valence electrons. The summed E-state index contributed by atoms with van der Waals surface area (Å²) in [5.41, 5.74) is 5.64. The van der Waals surface area contributed by atoms with Crippen LogP contribution in [0.5, 0.6) is 0 Å². The van der Waals surface area contributed by atoms with Crippen molar-refractivity contribution in [3.63, 3.8) is 0 Å². The van der Waals surface area contributed by atoms with Crippen LogP contribution in [0.3, 0.4) is 0 Å². The molecule has 0 spiro atoms. The molecule has 0 bridgehead atoms.